The number of nitrogens with zero attached hydrogens (tertiary/aromatic N) is 2. The molecule has 26 heavy (non-hydrogen) atoms. The number of benzene rings is 1. The van der Waals surface area contributed by atoms with Crippen molar-refractivity contribution in [2.75, 3.05) is 18.8 Å². The lowest BCUT2D eigenvalue weighted by atomic mass is 10.0. The maximum absolute atomic E-state index is 12.3. The molecule has 0 N–H and O–H groups in total. The van der Waals surface area contributed by atoms with Gasteiger partial charge in [-0.3, -0.25) is 19.3 Å². The molecule has 0 saturated carbocycles. The molecule has 2 aliphatic heterocycles. The Morgan fingerprint density at radius 3 is 2.31 bits per heavy atom. The number of hydrogen-bond acceptors (Lipinski definition) is 6. The predicted octanol–water partition coefficient (Wildman–Crippen LogP) is 1.32. The van der Waals surface area contributed by atoms with Crippen LogP contribution in [0.3, 0.4) is 0 Å². The zero-order valence-corrected chi connectivity index (χ0v) is 16.2. The Hall–Kier alpha value is -1.87. The lowest BCUT2D eigenvalue weighted by Gasteiger charge is -2.42. The number of carbonyl (C=O) groups excluding carboxylic acids is 3. The van der Waals surface area contributed by atoms with E-state index in [0.29, 0.717) is 13.1 Å². The molecule has 3 amide bonds. The minimum Gasteiger partial charge on any atom is -0.338 e. The molecule has 0 spiro atoms. The highest BCUT2D eigenvalue weighted by Crippen LogP contribution is 2.26. The first-order chi connectivity index (χ1) is 12.2. The van der Waals surface area contributed by atoms with Crippen molar-refractivity contribution in [1.29, 1.82) is 0 Å². The number of thioether (sulfide) groups is 1. The Balaban J connectivity index is 1.57. The minimum absolute atomic E-state index is 0.104. The van der Waals surface area contributed by atoms with Gasteiger partial charge in [0.15, 0.2) is 9.84 Å². The first kappa shape index (κ1) is 18.9. The molecule has 1 aromatic rings. The molecular weight excluding hydrogens is 376 g/mol. The lowest BCUT2D eigenvalue weighted by molar-refractivity contribution is -0.141. The van der Waals surface area contributed by atoms with E-state index >= 15 is 0 Å². The number of hydrogen-bond donors (Lipinski definition) is 0. The molecule has 2 aliphatic rings. The van der Waals surface area contributed by atoms with Crippen LogP contribution in [-0.4, -0.2) is 65.4 Å². The molecular formula is C17H20N2O5S2. The average molecular weight is 396 g/mol. The van der Waals surface area contributed by atoms with Crippen LogP contribution in [0.1, 0.15) is 19.4 Å². The second kappa shape index (κ2) is 7.03. The Bertz CT molecular complexity index is 826. The van der Waals surface area contributed by atoms with Crippen LogP contribution in [0.2, 0.25) is 0 Å². The van der Waals surface area contributed by atoms with Crippen molar-refractivity contribution in [3.8, 4) is 0 Å². The van der Waals surface area contributed by atoms with E-state index < -0.39 is 15.1 Å². The Morgan fingerprint density at radius 1 is 1.19 bits per heavy atom. The highest BCUT2D eigenvalue weighted by Gasteiger charge is 2.43. The van der Waals surface area contributed by atoms with Crippen LogP contribution in [0.5, 0.6) is 0 Å². The molecule has 0 bridgehead atoms. The predicted molar refractivity (Wildman–Crippen MR) is 97.5 cm³/mol. The van der Waals surface area contributed by atoms with E-state index in [9.17, 15) is 22.8 Å². The van der Waals surface area contributed by atoms with Crippen molar-refractivity contribution in [2.24, 2.45) is 0 Å². The normalized spacial score (nSPS) is 18.6. The summed E-state index contributed by atoms with van der Waals surface area (Å²) in [6.07, 6.45) is 0.158. The van der Waals surface area contributed by atoms with E-state index in [0.717, 1.165) is 17.3 Å². The summed E-state index contributed by atoms with van der Waals surface area (Å²) in [6.45, 7) is 3.97. The van der Waals surface area contributed by atoms with Crippen molar-refractivity contribution in [3.05, 3.63) is 29.8 Å². The van der Waals surface area contributed by atoms with Gasteiger partial charge in [0.25, 0.3) is 5.24 Å². The summed E-state index contributed by atoms with van der Waals surface area (Å²) >= 11 is 0.993. The van der Waals surface area contributed by atoms with Crippen molar-refractivity contribution in [3.63, 3.8) is 0 Å². The summed E-state index contributed by atoms with van der Waals surface area (Å²) in [5.74, 6) is -0.124. The highest BCUT2D eigenvalue weighted by molar-refractivity contribution is 8.14. The summed E-state index contributed by atoms with van der Waals surface area (Å²) < 4.78 is 24.2. The monoisotopic (exact) mass is 396 g/mol. The van der Waals surface area contributed by atoms with Crippen molar-refractivity contribution >= 4 is 38.7 Å². The number of sulfone groups is 1. The Labute approximate surface area is 156 Å². The Kier molecular flexibility index (Phi) is 5.12. The van der Waals surface area contributed by atoms with E-state index in [1.807, 2.05) is 0 Å². The van der Waals surface area contributed by atoms with E-state index in [4.69, 9.17) is 0 Å². The minimum atomic E-state index is -3.33. The van der Waals surface area contributed by atoms with E-state index in [2.05, 4.69) is 0 Å². The van der Waals surface area contributed by atoms with E-state index in [1.54, 1.807) is 30.9 Å². The topological polar surface area (TPSA) is 91.8 Å². The molecule has 7 nitrogen and oxygen atoms in total. The molecule has 140 valence electrons. The van der Waals surface area contributed by atoms with Crippen molar-refractivity contribution in [1.82, 2.24) is 9.80 Å². The van der Waals surface area contributed by atoms with Gasteiger partial charge in [-0.1, -0.05) is 23.9 Å². The standard InChI is InChI=1S/C17H20N2O5S2/c1-11(2)26(23,24)14-5-3-12(4-6-14)7-15(20)18-8-13(9-18)19-16(21)10-25-17(19)22/h3-6,11,13H,7-10H2,1-2H3. The first-order valence-electron chi connectivity index (χ1n) is 8.29. The smallest absolute Gasteiger partial charge is 0.289 e. The molecule has 9 heteroatoms. The molecule has 0 atom stereocenters. The third-order valence-electron chi connectivity index (χ3n) is 4.59. The van der Waals surface area contributed by atoms with Gasteiger partial charge in [-0.25, -0.2) is 8.42 Å². The van der Waals surface area contributed by atoms with Crippen LogP contribution in [-0.2, 0) is 25.8 Å². The Morgan fingerprint density at radius 2 is 1.81 bits per heavy atom. The second-order valence-electron chi connectivity index (χ2n) is 6.69. The number of imide groups is 1. The van der Waals surface area contributed by atoms with Gasteiger partial charge in [0.05, 0.1) is 28.4 Å². The second-order valence-corrected chi connectivity index (χ2v) is 10.1. The number of likely N-dealkylation sites (tertiary alicyclic amines) is 1. The molecule has 0 radical (unpaired) electrons. The summed E-state index contributed by atoms with van der Waals surface area (Å²) in [5.41, 5.74) is 0.727. The molecule has 0 aromatic heterocycles. The summed E-state index contributed by atoms with van der Waals surface area (Å²) in [4.78, 5) is 38.8. The molecule has 0 aliphatic carbocycles. The van der Waals surface area contributed by atoms with Gasteiger partial charge in [-0.2, -0.15) is 0 Å². The summed E-state index contributed by atoms with van der Waals surface area (Å²) in [7, 11) is -3.33. The van der Waals surface area contributed by atoms with Gasteiger partial charge in [-0.05, 0) is 31.5 Å². The first-order valence-corrected chi connectivity index (χ1v) is 10.8. The quantitative estimate of drug-likeness (QED) is 0.745. The van der Waals surface area contributed by atoms with E-state index in [1.165, 1.54) is 17.0 Å². The van der Waals surface area contributed by atoms with Crippen LogP contribution in [0, 0.1) is 0 Å². The van der Waals surface area contributed by atoms with Crippen molar-refractivity contribution in [2.45, 2.75) is 36.5 Å². The number of carbonyl (C=O) groups is 3. The molecule has 2 saturated heterocycles. The zero-order valence-electron chi connectivity index (χ0n) is 14.5. The number of amides is 3. The van der Waals surface area contributed by atoms with Gasteiger partial charge < -0.3 is 4.90 Å². The van der Waals surface area contributed by atoms with Crippen LogP contribution in [0.4, 0.5) is 4.79 Å². The maximum Gasteiger partial charge on any atom is 0.289 e. The average Bonchev–Trinajstić information content (AvgIpc) is 2.86. The third-order valence-corrected chi connectivity index (χ3v) is 7.60. The number of rotatable bonds is 5. The van der Waals surface area contributed by atoms with Crippen LogP contribution in [0.25, 0.3) is 0 Å². The maximum atomic E-state index is 12.3. The fourth-order valence-electron chi connectivity index (χ4n) is 2.89. The van der Waals surface area contributed by atoms with Crippen LogP contribution < -0.4 is 0 Å². The van der Waals surface area contributed by atoms with Crippen LogP contribution >= 0.6 is 11.8 Å². The third kappa shape index (κ3) is 3.50. The fraction of sp³-hybridized carbons (Fsp3) is 0.471. The molecule has 1 aromatic carbocycles. The fourth-order valence-corrected chi connectivity index (χ4v) is 4.73. The zero-order chi connectivity index (χ0) is 19.1. The molecule has 0 unspecified atom stereocenters. The van der Waals surface area contributed by atoms with Crippen molar-refractivity contribution < 1.29 is 22.8 Å². The molecule has 2 heterocycles. The molecule has 3 rings (SSSR count). The van der Waals surface area contributed by atoms with Gasteiger partial charge in [0.2, 0.25) is 11.8 Å². The summed E-state index contributed by atoms with van der Waals surface area (Å²) in [5, 5.41) is -0.740. The van der Waals surface area contributed by atoms with E-state index in [-0.39, 0.29) is 40.2 Å². The largest absolute Gasteiger partial charge is 0.338 e. The lowest BCUT2D eigenvalue weighted by Crippen LogP contribution is -2.62. The summed E-state index contributed by atoms with van der Waals surface area (Å²) in [6, 6.07) is 6.11. The van der Waals surface area contributed by atoms with Gasteiger partial charge in [0, 0.05) is 13.1 Å². The highest BCUT2D eigenvalue weighted by atomic mass is 32.2. The van der Waals surface area contributed by atoms with Gasteiger partial charge in [0.1, 0.15) is 0 Å². The van der Waals surface area contributed by atoms with Crippen LogP contribution in [0.15, 0.2) is 29.2 Å². The molecule has 2 fully saturated rings. The van der Waals surface area contributed by atoms with Gasteiger partial charge in [-0.15, -0.1) is 0 Å². The SMILES string of the molecule is CC(C)S(=O)(=O)c1ccc(CC(=O)N2CC(N3C(=O)CSC3=O)C2)cc1. The van der Waals surface area contributed by atoms with Gasteiger partial charge >= 0.3 is 0 Å².